The van der Waals surface area contributed by atoms with Gasteiger partial charge >= 0.3 is 0 Å². The molecule has 0 radical (unpaired) electrons. The molecule has 118 valence electrons. The Bertz CT molecular complexity index is 274. The summed E-state index contributed by atoms with van der Waals surface area (Å²) in [5.41, 5.74) is 0.527. The summed E-state index contributed by atoms with van der Waals surface area (Å²) in [6.45, 7) is 13.5. The first-order valence-corrected chi connectivity index (χ1v) is 8.68. The molecular formula is C17H34N2O. The largest absolute Gasteiger partial charge is 0.378 e. The number of morpholine rings is 1. The van der Waals surface area contributed by atoms with Crippen molar-refractivity contribution in [3.8, 4) is 0 Å². The first-order valence-electron chi connectivity index (χ1n) is 8.68. The van der Waals surface area contributed by atoms with Crippen LogP contribution >= 0.6 is 0 Å². The molecule has 0 spiro atoms. The number of nitrogens with one attached hydrogen (secondary N) is 1. The van der Waals surface area contributed by atoms with E-state index in [0.717, 1.165) is 32.2 Å². The average molecular weight is 282 g/mol. The molecule has 0 bridgehead atoms. The molecule has 1 unspecified atom stereocenters. The normalized spacial score (nSPS) is 27.3. The number of ether oxygens (including phenoxy) is 1. The van der Waals surface area contributed by atoms with Crippen LogP contribution < -0.4 is 5.32 Å². The highest BCUT2D eigenvalue weighted by Gasteiger charge is 2.37. The standard InChI is InChI=1S/C17H34N2O/c1-4-16-12-20-10-9-19(16)14-17(7-5-6-8-17)13-18-11-15(2)3/h15-16,18H,4-14H2,1-3H3. The zero-order valence-corrected chi connectivity index (χ0v) is 13.8. The smallest absolute Gasteiger partial charge is 0.0622 e. The van der Waals surface area contributed by atoms with Crippen molar-refractivity contribution in [1.82, 2.24) is 10.2 Å². The molecule has 1 saturated heterocycles. The molecule has 2 fully saturated rings. The maximum absolute atomic E-state index is 5.66. The van der Waals surface area contributed by atoms with Crippen LogP contribution in [0.15, 0.2) is 0 Å². The SMILES string of the molecule is CCC1COCCN1CC1(CNCC(C)C)CCCC1. The van der Waals surface area contributed by atoms with Crippen molar-refractivity contribution in [1.29, 1.82) is 0 Å². The van der Waals surface area contributed by atoms with Crippen LogP contribution in [-0.4, -0.2) is 50.3 Å². The highest BCUT2D eigenvalue weighted by atomic mass is 16.5. The van der Waals surface area contributed by atoms with Gasteiger partial charge in [-0.05, 0) is 37.1 Å². The van der Waals surface area contributed by atoms with Crippen LogP contribution in [0.4, 0.5) is 0 Å². The molecule has 0 aromatic rings. The van der Waals surface area contributed by atoms with Crippen LogP contribution in [0.2, 0.25) is 0 Å². The molecular weight excluding hydrogens is 248 g/mol. The predicted octanol–water partition coefficient (Wildman–Crippen LogP) is 2.90. The van der Waals surface area contributed by atoms with Crippen LogP contribution in [0.3, 0.4) is 0 Å². The van der Waals surface area contributed by atoms with Gasteiger partial charge in [0.2, 0.25) is 0 Å². The van der Waals surface area contributed by atoms with E-state index in [9.17, 15) is 0 Å². The van der Waals surface area contributed by atoms with Gasteiger partial charge in [0.15, 0.2) is 0 Å². The number of rotatable bonds is 7. The Morgan fingerprint density at radius 3 is 2.70 bits per heavy atom. The molecule has 0 aromatic heterocycles. The molecule has 1 atom stereocenters. The highest BCUT2D eigenvalue weighted by Crippen LogP contribution is 2.39. The van der Waals surface area contributed by atoms with Crippen molar-refractivity contribution in [2.45, 2.75) is 58.9 Å². The van der Waals surface area contributed by atoms with E-state index in [1.807, 2.05) is 0 Å². The van der Waals surface area contributed by atoms with E-state index in [1.165, 1.54) is 45.2 Å². The maximum Gasteiger partial charge on any atom is 0.0622 e. The van der Waals surface area contributed by atoms with E-state index in [2.05, 4.69) is 31.0 Å². The van der Waals surface area contributed by atoms with E-state index >= 15 is 0 Å². The van der Waals surface area contributed by atoms with Crippen molar-refractivity contribution < 1.29 is 4.74 Å². The van der Waals surface area contributed by atoms with Crippen LogP contribution in [0.1, 0.15) is 52.9 Å². The van der Waals surface area contributed by atoms with Crippen molar-refractivity contribution in [2.75, 3.05) is 39.4 Å². The van der Waals surface area contributed by atoms with E-state index in [1.54, 1.807) is 0 Å². The Kier molecular flexibility index (Phi) is 6.31. The lowest BCUT2D eigenvalue weighted by molar-refractivity contribution is -0.0275. The van der Waals surface area contributed by atoms with Crippen molar-refractivity contribution in [3.63, 3.8) is 0 Å². The van der Waals surface area contributed by atoms with Gasteiger partial charge in [-0.25, -0.2) is 0 Å². The minimum absolute atomic E-state index is 0.527. The summed E-state index contributed by atoms with van der Waals surface area (Å²) in [5.74, 6) is 0.750. The molecule has 2 rings (SSSR count). The Morgan fingerprint density at radius 2 is 2.05 bits per heavy atom. The lowest BCUT2D eigenvalue weighted by Crippen LogP contribution is -2.51. The molecule has 3 nitrogen and oxygen atoms in total. The summed E-state index contributed by atoms with van der Waals surface area (Å²) in [6.07, 6.45) is 6.88. The molecule has 3 heteroatoms. The fourth-order valence-corrected chi connectivity index (χ4v) is 3.85. The Hall–Kier alpha value is -0.120. The quantitative estimate of drug-likeness (QED) is 0.777. The third kappa shape index (κ3) is 4.44. The number of hydrogen-bond donors (Lipinski definition) is 1. The van der Waals surface area contributed by atoms with Gasteiger partial charge in [-0.3, -0.25) is 4.90 Å². The van der Waals surface area contributed by atoms with Gasteiger partial charge in [-0.1, -0.05) is 33.6 Å². The first-order chi connectivity index (χ1) is 9.65. The lowest BCUT2D eigenvalue weighted by atomic mass is 9.84. The van der Waals surface area contributed by atoms with Crippen LogP contribution in [0, 0.1) is 11.3 Å². The van der Waals surface area contributed by atoms with E-state index < -0.39 is 0 Å². The first kappa shape index (κ1) is 16.3. The second kappa shape index (κ2) is 7.77. The predicted molar refractivity (Wildman–Crippen MR) is 85.1 cm³/mol. The third-order valence-electron chi connectivity index (χ3n) is 5.08. The molecule has 0 amide bonds. The molecule has 0 aromatic carbocycles. The van der Waals surface area contributed by atoms with Crippen molar-refractivity contribution in [2.24, 2.45) is 11.3 Å². The summed E-state index contributed by atoms with van der Waals surface area (Å²) in [5, 5.41) is 3.73. The summed E-state index contributed by atoms with van der Waals surface area (Å²) < 4.78 is 5.66. The average Bonchev–Trinajstić information content (AvgIpc) is 2.87. The summed E-state index contributed by atoms with van der Waals surface area (Å²) >= 11 is 0. The Morgan fingerprint density at radius 1 is 1.30 bits per heavy atom. The molecule has 1 aliphatic heterocycles. The molecule has 1 heterocycles. The molecule has 1 saturated carbocycles. The van der Waals surface area contributed by atoms with Crippen molar-refractivity contribution in [3.05, 3.63) is 0 Å². The second-order valence-corrected chi connectivity index (χ2v) is 7.34. The molecule has 1 N–H and O–H groups in total. The van der Waals surface area contributed by atoms with Crippen LogP contribution in [0.25, 0.3) is 0 Å². The number of nitrogens with zero attached hydrogens (tertiary/aromatic N) is 1. The summed E-state index contributed by atoms with van der Waals surface area (Å²) in [7, 11) is 0. The minimum Gasteiger partial charge on any atom is -0.378 e. The van der Waals surface area contributed by atoms with Gasteiger partial charge in [-0.2, -0.15) is 0 Å². The number of hydrogen-bond acceptors (Lipinski definition) is 3. The minimum atomic E-state index is 0.527. The second-order valence-electron chi connectivity index (χ2n) is 7.34. The molecule has 2 aliphatic rings. The summed E-state index contributed by atoms with van der Waals surface area (Å²) in [6, 6.07) is 0.645. The van der Waals surface area contributed by atoms with Gasteiger partial charge in [0.05, 0.1) is 13.2 Å². The highest BCUT2D eigenvalue weighted by molar-refractivity contribution is 4.91. The Labute approximate surface area is 125 Å². The maximum atomic E-state index is 5.66. The van der Waals surface area contributed by atoms with Gasteiger partial charge in [0.25, 0.3) is 0 Å². The van der Waals surface area contributed by atoms with E-state index in [4.69, 9.17) is 4.74 Å². The Balaban J connectivity index is 1.90. The van der Waals surface area contributed by atoms with Gasteiger partial charge in [0, 0.05) is 25.7 Å². The lowest BCUT2D eigenvalue weighted by Gasteiger charge is -2.42. The fourth-order valence-electron chi connectivity index (χ4n) is 3.85. The van der Waals surface area contributed by atoms with Gasteiger partial charge < -0.3 is 10.1 Å². The van der Waals surface area contributed by atoms with Crippen molar-refractivity contribution >= 4 is 0 Å². The van der Waals surface area contributed by atoms with Gasteiger partial charge in [-0.15, -0.1) is 0 Å². The van der Waals surface area contributed by atoms with Crippen LogP contribution in [-0.2, 0) is 4.74 Å². The molecule has 20 heavy (non-hydrogen) atoms. The van der Waals surface area contributed by atoms with Crippen LogP contribution in [0.5, 0.6) is 0 Å². The monoisotopic (exact) mass is 282 g/mol. The summed E-state index contributed by atoms with van der Waals surface area (Å²) in [4.78, 5) is 2.71. The fraction of sp³-hybridized carbons (Fsp3) is 1.00. The topological polar surface area (TPSA) is 24.5 Å². The zero-order chi connectivity index (χ0) is 14.4. The zero-order valence-electron chi connectivity index (χ0n) is 13.8. The molecule has 1 aliphatic carbocycles. The van der Waals surface area contributed by atoms with E-state index in [-0.39, 0.29) is 0 Å². The third-order valence-corrected chi connectivity index (χ3v) is 5.08. The van der Waals surface area contributed by atoms with Gasteiger partial charge in [0.1, 0.15) is 0 Å². The van der Waals surface area contributed by atoms with E-state index in [0.29, 0.717) is 11.5 Å².